The maximum Gasteiger partial charge on any atom is 0.416 e. The number of rotatable bonds is 4. The van der Waals surface area contributed by atoms with Crippen LogP contribution in [0.4, 0.5) is 19.0 Å². The lowest BCUT2D eigenvalue weighted by Gasteiger charge is -2.16. The minimum absolute atomic E-state index is 0.0515. The molecule has 0 saturated carbocycles. The largest absolute Gasteiger partial charge is 0.416 e. The molecule has 2 amide bonds. The molecule has 128 valence electrons. The van der Waals surface area contributed by atoms with Crippen LogP contribution >= 0.6 is 0 Å². The minimum atomic E-state index is -4.47. The Kier molecular flexibility index (Phi) is 4.91. The van der Waals surface area contributed by atoms with Crippen molar-refractivity contribution in [3.63, 3.8) is 0 Å². The zero-order chi connectivity index (χ0) is 17.9. The third-order valence-corrected chi connectivity index (χ3v) is 3.08. The molecular formula is C15H14F3N3O3. The van der Waals surface area contributed by atoms with Crippen molar-refractivity contribution in [2.75, 3.05) is 18.9 Å². The Labute approximate surface area is 135 Å². The predicted octanol–water partition coefficient (Wildman–Crippen LogP) is 2.71. The van der Waals surface area contributed by atoms with E-state index in [-0.39, 0.29) is 17.9 Å². The smallest absolute Gasteiger partial charge is 0.360 e. The zero-order valence-electron chi connectivity index (χ0n) is 12.8. The van der Waals surface area contributed by atoms with E-state index in [0.717, 1.165) is 29.2 Å². The molecule has 0 aliphatic carbocycles. The van der Waals surface area contributed by atoms with Gasteiger partial charge in [0.2, 0.25) is 5.91 Å². The second-order valence-electron chi connectivity index (χ2n) is 5.11. The summed E-state index contributed by atoms with van der Waals surface area (Å²) in [6, 6.07) is 5.29. The number of amides is 2. The van der Waals surface area contributed by atoms with Gasteiger partial charge < -0.3 is 14.7 Å². The Hall–Kier alpha value is -2.84. The molecule has 1 N–H and O–H groups in total. The van der Waals surface area contributed by atoms with Gasteiger partial charge in [-0.15, -0.1) is 0 Å². The lowest BCUT2D eigenvalue weighted by atomic mass is 10.1. The van der Waals surface area contributed by atoms with Crippen molar-refractivity contribution in [2.24, 2.45) is 0 Å². The minimum Gasteiger partial charge on any atom is -0.360 e. The highest BCUT2D eigenvalue weighted by Crippen LogP contribution is 2.29. The first kappa shape index (κ1) is 17.5. The summed E-state index contributed by atoms with van der Waals surface area (Å²) in [6.07, 6.45) is -4.47. The molecule has 2 aromatic rings. The molecule has 0 fully saturated rings. The fourth-order valence-corrected chi connectivity index (χ4v) is 1.92. The van der Waals surface area contributed by atoms with Crippen molar-refractivity contribution >= 4 is 17.6 Å². The van der Waals surface area contributed by atoms with Crippen LogP contribution in [0.3, 0.4) is 0 Å². The fraction of sp³-hybridized carbons (Fsp3) is 0.267. The Morgan fingerprint density at radius 3 is 2.38 bits per heavy atom. The number of nitrogens with one attached hydrogen (secondary N) is 1. The van der Waals surface area contributed by atoms with Crippen LogP contribution < -0.4 is 5.32 Å². The van der Waals surface area contributed by atoms with Crippen molar-refractivity contribution in [1.82, 2.24) is 10.1 Å². The number of hydrogen-bond acceptors (Lipinski definition) is 4. The van der Waals surface area contributed by atoms with Gasteiger partial charge in [-0.05, 0) is 31.2 Å². The average Bonchev–Trinajstić information content (AvgIpc) is 2.90. The van der Waals surface area contributed by atoms with E-state index < -0.39 is 23.6 Å². The molecule has 0 spiro atoms. The molecule has 0 saturated heterocycles. The van der Waals surface area contributed by atoms with Gasteiger partial charge in [-0.1, -0.05) is 5.16 Å². The van der Waals surface area contributed by atoms with Crippen molar-refractivity contribution in [3.05, 3.63) is 47.2 Å². The standard InChI is InChI=1S/C15H14F3N3O3/c1-9-7-12(20-24-9)19-13(22)8-21(2)14(23)10-3-5-11(6-4-10)15(16,17)18/h3-7H,8H2,1-2H3,(H,19,20,22). The van der Waals surface area contributed by atoms with Crippen LogP contribution in [0.2, 0.25) is 0 Å². The van der Waals surface area contributed by atoms with E-state index >= 15 is 0 Å². The van der Waals surface area contributed by atoms with Gasteiger partial charge in [0.25, 0.3) is 5.91 Å². The summed E-state index contributed by atoms with van der Waals surface area (Å²) in [7, 11) is 1.37. The zero-order valence-corrected chi connectivity index (χ0v) is 12.8. The number of hydrogen-bond donors (Lipinski definition) is 1. The molecule has 6 nitrogen and oxygen atoms in total. The van der Waals surface area contributed by atoms with Gasteiger partial charge in [0.1, 0.15) is 5.76 Å². The quantitative estimate of drug-likeness (QED) is 0.928. The van der Waals surface area contributed by atoms with Gasteiger partial charge in [-0.2, -0.15) is 13.2 Å². The number of nitrogens with zero attached hydrogens (tertiary/aromatic N) is 2. The number of carbonyl (C=O) groups is 2. The molecule has 0 aliphatic rings. The Morgan fingerprint density at radius 2 is 1.88 bits per heavy atom. The molecule has 0 bridgehead atoms. The fourth-order valence-electron chi connectivity index (χ4n) is 1.92. The first-order chi connectivity index (χ1) is 11.2. The third kappa shape index (κ3) is 4.34. The highest BCUT2D eigenvalue weighted by Gasteiger charge is 2.30. The van der Waals surface area contributed by atoms with Crippen molar-refractivity contribution < 1.29 is 27.3 Å². The van der Waals surface area contributed by atoms with Crippen molar-refractivity contribution in [1.29, 1.82) is 0 Å². The van der Waals surface area contributed by atoms with Gasteiger partial charge in [-0.25, -0.2) is 0 Å². The lowest BCUT2D eigenvalue weighted by Crippen LogP contribution is -2.35. The summed E-state index contributed by atoms with van der Waals surface area (Å²) in [6.45, 7) is 1.37. The number of likely N-dealkylation sites (N-methyl/N-ethyl adjacent to an activating group) is 1. The second kappa shape index (κ2) is 6.73. The average molecular weight is 341 g/mol. The van der Waals surface area contributed by atoms with Crippen molar-refractivity contribution in [3.8, 4) is 0 Å². The van der Waals surface area contributed by atoms with Gasteiger partial charge in [0.05, 0.1) is 12.1 Å². The second-order valence-corrected chi connectivity index (χ2v) is 5.11. The normalized spacial score (nSPS) is 11.2. The van der Waals surface area contributed by atoms with Gasteiger partial charge >= 0.3 is 6.18 Å². The van der Waals surface area contributed by atoms with Crippen LogP contribution in [0.1, 0.15) is 21.7 Å². The maximum atomic E-state index is 12.5. The summed E-state index contributed by atoms with van der Waals surface area (Å²) in [5, 5.41) is 6.02. The van der Waals surface area contributed by atoms with E-state index in [1.807, 2.05) is 0 Å². The van der Waals surface area contributed by atoms with Gasteiger partial charge in [0, 0.05) is 18.7 Å². The van der Waals surface area contributed by atoms with E-state index in [4.69, 9.17) is 4.52 Å². The van der Waals surface area contributed by atoms with Crippen LogP contribution in [-0.4, -0.2) is 35.5 Å². The van der Waals surface area contributed by atoms with Crippen LogP contribution in [0.25, 0.3) is 0 Å². The summed E-state index contributed by atoms with van der Waals surface area (Å²) in [5.41, 5.74) is -0.795. The highest BCUT2D eigenvalue weighted by atomic mass is 19.4. The predicted molar refractivity (Wildman–Crippen MR) is 78.3 cm³/mol. The molecule has 0 atom stereocenters. The van der Waals surface area contributed by atoms with E-state index in [9.17, 15) is 22.8 Å². The number of carbonyl (C=O) groups excluding carboxylic acids is 2. The first-order valence-electron chi connectivity index (χ1n) is 6.82. The number of alkyl halides is 3. The maximum absolute atomic E-state index is 12.5. The molecule has 0 aliphatic heterocycles. The van der Waals surface area contributed by atoms with E-state index in [2.05, 4.69) is 10.5 Å². The topological polar surface area (TPSA) is 75.4 Å². The van der Waals surface area contributed by atoms with Gasteiger partial charge in [-0.3, -0.25) is 9.59 Å². The SMILES string of the molecule is Cc1cc(NC(=O)CN(C)C(=O)c2ccc(C(F)(F)F)cc2)no1. The van der Waals surface area contributed by atoms with Crippen LogP contribution in [0.5, 0.6) is 0 Å². The molecular weight excluding hydrogens is 327 g/mol. The monoisotopic (exact) mass is 341 g/mol. The molecule has 1 heterocycles. The highest BCUT2D eigenvalue weighted by molar-refractivity contribution is 5.98. The molecule has 0 radical (unpaired) electrons. The molecule has 0 unspecified atom stereocenters. The van der Waals surface area contributed by atoms with E-state index in [0.29, 0.717) is 5.76 Å². The van der Waals surface area contributed by atoms with Crippen LogP contribution in [0.15, 0.2) is 34.9 Å². The molecule has 24 heavy (non-hydrogen) atoms. The third-order valence-electron chi connectivity index (χ3n) is 3.08. The number of anilines is 1. The van der Waals surface area contributed by atoms with Crippen molar-refractivity contribution in [2.45, 2.75) is 13.1 Å². The van der Waals surface area contributed by atoms with E-state index in [1.54, 1.807) is 6.92 Å². The lowest BCUT2D eigenvalue weighted by molar-refractivity contribution is -0.137. The van der Waals surface area contributed by atoms with Crippen LogP contribution in [-0.2, 0) is 11.0 Å². The molecule has 1 aromatic carbocycles. The molecule has 2 rings (SSSR count). The number of benzene rings is 1. The first-order valence-corrected chi connectivity index (χ1v) is 6.82. The number of halogens is 3. The summed E-state index contributed by atoms with van der Waals surface area (Å²) < 4.78 is 42.3. The Balaban J connectivity index is 1.97. The molecule has 1 aromatic heterocycles. The van der Waals surface area contributed by atoms with Crippen LogP contribution in [0, 0.1) is 6.92 Å². The Morgan fingerprint density at radius 1 is 1.25 bits per heavy atom. The molecule has 9 heteroatoms. The summed E-state index contributed by atoms with van der Waals surface area (Å²) >= 11 is 0. The Bertz CT molecular complexity index is 738. The van der Waals surface area contributed by atoms with E-state index in [1.165, 1.54) is 13.1 Å². The number of aryl methyl sites for hydroxylation is 1. The summed E-state index contributed by atoms with van der Waals surface area (Å²) in [4.78, 5) is 25.0. The number of aromatic nitrogens is 1. The summed E-state index contributed by atoms with van der Waals surface area (Å²) in [5.74, 6) is -0.353. The van der Waals surface area contributed by atoms with Gasteiger partial charge in [0.15, 0.2) is 5.82 Å².